The van der Waals surface area contributed by atoms with Crippen molar-refractivity contribution in [1.29, 1.82) is 0 Å². The molecule has 2 heterocycles. The summed E-state index contributed by atoms with van der Waals surface area (Å²) >= 11 is 1.77. The Balaban J connectivity index is 0.00000147. The van der Waals surface area contributed by atoms with Crippen LogP contribution in [0.2, 0.25) is 0 Å². The Kier molecular flexibility index (Phi) is 5.10. The van der Waals surface area contributed by atoms with Gasteiger partial charge < -0.3 is 10.6 Å². The third-order valence-corrected chi connectivity index (χ3v) is 5.64. The lowest BCUT2D eigenvalue weighted by atomic mass is 9.95. The molecule has 3 rings (SSSR count). The second kappa shape index (κ2) is 6.46. The molecule has 112 valence electrons. The van der Waals surface area contributed by atoms with E-state index in [1.165, 1.54) is 23.3 Å². The van der Waals surface area contributed by atoms with Crippen LogP contribution in [-0.2, 0) is 12.8 Å². The van der Waals surface area contributed by atoms with E-state index in [2.05, 4.69) is 12.3 Å². The van der Waals surface area contributed by atoms with E-state index < -0.39 is 0 Å². The highest BCUT2D eigenvalue weighted by atomic mass is 35.5. The summed E-state index contributed by atoms with van der Waals surface area (Å²) in [5.74, 6) is 0.719. The molecule has 3 nitrogen and oxygen atoms in total. The first-order chi connectivity index (χ1) is 9.20. The number of halogens is 1. The predicted molar refractivity (Wildman–Crippen MR) is 85.9 cm³/mol. The molecular formula is C15H23ClN2OS. The molecule has 0 radical (unpaired) electrons. The Morgan fingerprint density at radius 3 is 2.90 bits per heavy atom. The monoisotopic (exact) mass is 314 g/mol. The fourth-order valence-corrected chi connectivity index (χ4v) is 4.54. The Morgan fingerprint density at radius 2 is 2.20 bits per heavy atom. The Morgan fingerprint density at radius 1 is 1.45 bits per heavy atom. The minimum absolute atomic E-state index is 0. The molecular weight excluding hydrogens is 292 g/mol. The molecule has 1 aliphatic carbocycles. The maximum absolute atomic E-state index is 12.7. The molecule has 1 aromatic heterocycles. The van der Waals surface area contributed by atoms with Crippen LogP contribution in [0, 0.1) is 5.92 Å². The van der Waals surface area contributed by atoms with Gasteiger partial charge in [0.25, 0.3) is 5.91 Å². The van der Waals surface area contributed by atoms with E-state index in [-0.39, 0.29) is 18.3 Å². The molecule has 0 spiro atoms. The number of carbonyl (C=O) groups excluding carboxylic acids is 1. The van der Waals surface area contributed by atoms with Crippen molar-refractivity contribution in [1.82, 2.24) is 4.90 Å². The van der Waals surface area contributed by atoms with Crippen LogP contribution >= 0.6 is 23.7 Å². The molecule has 0 aromatic carbocycles. The summed E-state index contributed by atoms with van der Waals surface area (Å²) in [6.45, 7) is 3.67. The van der Waals surface area contributed by atoms with Crippen molar-refractivity contribution in [3.63, 3.8) is 0 Å². The lowest BCUT2D eigenvalue weighted by Crippen LogP contribution is -2.34. The fraction of sp³-hybridized carbons (Fsp3) is 0.667. The van der Waals surface area contributed by atoms with Crippen molar-refractivity contribution in [2.45, 2.75) is 45.1 Å². The van der Waals surface area contributed by atoms with Gasteiger partial charge in [-0.25, -0.2) is 0 Å². The maximum atomic E-state index is 12.7. The second-order valence-electron chi connectivity index (χ2n) is 5.90. The van der Waals surface area contributed by atoms with Crippen LogP contribution in [0.5, 0.6) is 0 Å². The van der Waals surface area contributed by atoms with Crippen LogP contribution in [-0.4, -0.2) is 29.9 Å². The van der Waals surface area contributed by atoms with Crippen LogP contribution in [0.3, 0.4) is 0 Å². The lowest BCUT2D eigenvalue weighted by molar-refractivity contribution is 0.0742. The number of carbonyl (C=O) groups is 1. The van der Waals surface area contributed by atoms with Crippen molar-refractivity contribution in [3.8, 4) is 0 Å². The largest absolute Gasteiger partial charge is 0.336 e. The maximum Gasteiger partial charge on any atom is 0.255 e. The summed E-state index contributed by atoms with van der Waals surface area (Å²) in [6, 6.07) is 0.334. The van der Waals surface area contributed by atoms with Crippen molar-refractivity contribution in [3.05, 3.63) is 21.4 Å². The highest BCUT2D eigenvalue weighted by molar-refractivity contribution is 7.10. The number of rotatable bonds is 2. The molecule has 1 saturated heterocycles. The van der Waals surface area contributed by atoms with Gasteiger partial charge in [-0.1, -0.05) is 0 Å². The first kappa shape index (κ1) is 15.8. The zero-order valence-corrected chi connectivity index (χ0v) is 13.6. The lowest BCUT2D eigenvalue weighted by Gasteiger charge is -2.22. The van der Waals surface area contributed by atoms with E-state index in [0.29, 0.717) is 18.5 Å². The fourth-order valence-electron chi connectivity index (χ4n) is 3.42. The number of likely N-dealkylation sites (tertiary alicyclic amines) is 1. The van der Waals surface area contributed by atoms with Crippen LogP contribution in [0.15, 0.2) is 5.38 Å². The third-order valence-electron chi connectivity index (χ3n) is 4.55. The molecule has 1 fully saturated rings. The van der Waals surface area contributed by atoms with Crippen LogP contribution in [0.25, 0.3) is 0 Å². The number of hydrogen-bond acceptors (Lipinski definition) is 3. The molecule has 1 aliphatic heterocycles. The first-order valence-electron chi connectivity index (χ1n) is 7.31. The Bertz CT molecular complexity index is 488. The van der Waals surface area contributed by atoms with Crippen molar-refractivity contribution in [2.24, 2.45) is 11.7 Å². The van der Waals surface area contributed by atoms with Gasteiger partial charge in [-0.2, -0.15) is 0 Å². The first-order valence-corrected chi connectivity index (χ1v) is 8.19. The number of aryl methyl sites for hydroxylation is 1. The zero-order chi connectivity index (χ0) is 13.4. The Hall–Kier alpha value is -0.580. The number of fused-ring (bicyclic) bond motifs is 1. The van der Waals surface area contributed by atoms with E-state index in [1.54, 1.807) is 11.3 Å². The predicted octanol–water partition coefficient (Wildman–Crippen LogP) is 2.86. The smallest absolute Gasteiger partial charge is 0.255 e. The molecule has 5 heteroatoms. The molecule has 2 N–H and O–H groups in total. The van der Waals surface area contributed by atoms with Gasteiger partial charge in [0.05, 0.1) is 5.56 Å². The van der Waals surface area contributed by atoms with E-state index in [1.807, 2.05) is 4.90 Å². The van der Waals surface area contributed by atoms with Crippen molar-refractivity contribution >= 4 is 29.7 Å². The average molecular weight is 315 g/mol. The highest BCUT2D eigenvalue weighted by Crippen LogP contribution is 2.33. The molecule has 2 unspecified atom stereocenters. The number of nitrogens with two attached hydrogens (primary N) is 1. The highest BCUT2D eigenvalue weighted by Gasteiger charge is 2.33. The molecule has 2 aliphatic rings. The number of nitrogens with zero attached hydrogens (tertiary/aromatic N) is 1. The topological polar surface area (TPSA) is 46.3 Å². The van der Waals surface area contributed by atoms with Gasteiger partial charge in [-0.05, 0) is 57.1 Å². The van der Waals surface area contributed by atoms with Gasteiger partial charge >= 0.3 is 0 Å². The van der Waals surface area contributed by atoms with Crippen LogP contribution < -0.4 is 5.73 Å². The van der Waals surface area contributed by atoms with Gasteiger partial charge in [0.15, 0.2) is 0 Å². The normalized spacial score (nSPS) is 25.2. The summed E-state index contributed by atoms with van der Waals surface area (Å²) in [5, 5.41) is 2.08. The van der Waals surface area contributed by atoms with E-state index in [0.717, 1.165) is 31.4 Å². The second-order valence-corrected chi connectivity index (χ2v) is 6.87. The minimum atomic E-state index is 0. The summed E-state index contributed by atoms with van der Waals surface area (Å²) in [4.78, 5) is 16.2. The van der Waals surface area contributed by atoms with E-state index in [4.69, 9.17) is 5.73 Å². The molecule has 1 aromatic rings. The number of hydrogen-bond donors (Lipinski definition) is 1. The van der Waals surface area contributed by atoms with Gasteiger partial charge in [-0.3, -0.25) is 4.79 Å². The quantitative estimate of drug-likeness (QED) is 0.912. The van der Waals surface area contributed by atoms with Gasteiger partial charge in [0.2, 0.25) is 0 Å². The summed E-state index contributed by atoms with van der Waals surface area (Å²) in [7, 11) is 0. The number of amides is 1. The number of thiophene rings is 1. The van der Waals surface area contributed by atoms with Crippen LogP contribution in [0.1, 0.15) is 47.0 Å². The van der Waals surface area contributed by atoms with Gasteiger partial charge in [0, 0.05) is 22.8 Å². The SMILES string of the molecule is CC1CC(CN)CN1C(=O)c1csc2c1CCCC2.Cl. The molecule has 2 atom stereocenters. The minimum Gasteiger partial charge on any atom is -0.336 e. The van der Waals surface area contributed by atoms with Gasteiger partial charge in [-0.15, -0.1) is 23.7 Å². The van der Waals surface area contributed by atoms with E-state index in [9.17, 15) is 4.79 Å². The molecule has 1 amide bonds. The van der Waals surface area contributed by atoms with E-state index >= 15 is 0 Å². The van der Waals surface area contributed by atoms with Crippen molar-refractivity contribution in [2.75, 3.05) is 13.1 Å². The van der Waals surface area contributed by atoms with Crippen LogP contribution in [0.4, 0.5) is 0 Å². The molecule has 0 saturated carbocycles. The molecule has 0 bridgehead atoms. The standard InChI is InChI=1S/C15H22N2OS.ClH/c1-10-6-11(7-16)8-17(10)15(18)13-9-19-14-5-3-2-4-12(13)14;/h9-11H,2-8,16H2,1H3;1H. The van der Waals surface area contributed by atoms with Gasteiger partial charge in [0.1, 0.15) is 0 Å². The summed E-state index contributed by atoms with van der Waals surface area (Å²) in [5.41, 5.74) is 8.07. The zero-order valence-electron chi connectivity index (χ0n) is 11.9. The molecule has 20 heavy (non-hydrogen) atoms. The third kappa shape index (κ3) is 2.74. The van der Waals surface area contributed by atoms with Crippen molar-refractivity contribution < 1.29 is 4.79 Å². The Labute approximate surface area is 130 Å². The summed E-state index contributed by atoms with van der Waals surface area (Å²) in [6.07, 6.45) is 5.80. The average Bonchev–Trinajstić information content (AvgIpc) is 3.01. The summed E-state index contributed by atoms with van der Waals surface area (Å²) < 4.78 is 0.